The lowest BCUT2D eigenvalue weighted by atomic mass is 10.0. The molecule has 0 aliphatic rings. The van der Waals surface area contributed by atoms with Crippen LogP contribution in [0.4, 0.5) is 0 Å². The van der Waals surface area contributed by atoms with E-state index in [9.17, 15) is 8.42 Å². The molecule has 0 rings (SSSR count). The minimum absolute atomic E-state index is 0.0880. The Morgan fingerprint density at radius 2 is 1.70 bits per heavy atom. The van der Waals surface area contributed by atoms with Crippen LogP contribution in [0, 0.1) is 11.8 Å². The Labute approximate surface area is 62.7 Å². The first-order valence-corrected chi connectivity index (χ1v) is 5.05. The fourth-order valence-corrected chi connectivity index (χ4v) is 1.68. The second-order valence-electron chi connectivity index (χ2n) is 3.05. The van der Waals surface area contributed by atoms with Crippen molar-refractivity contribution in [3.8, 4) is 0 Å². The van der Waals surface area contributed by atoms with Gasteiger partial charge in [0.15, 0.2) is 0 Å². The second kappa shape index (κ2) is 3.34. The highest BCUT2D eigenvalue weighted by Gasteiger charge is 2.13. The molecule has 3 nitrogen and oxygen atoms in total. The predicted molar refractivity (Wildman–Crippen MR) is 42.0 cm³/mol. The van der Waals surface area contributed by atoms with E-state index in [-0.39, 0.29) is 11.7 Å². The number of hydrogen-bond donors (Lipinski definition) is 1. The number of nitrogens with two attached hydrogens (primary N) is 1. The number of sulfonamides is 1. The van der Waals surface area contributed by atoms with Gasteiger partial charge in [-0.1, -0.05) is 20.8 Å². The molecular weight excluding hydrogens is 150 g/mol. The van der Waals surface area contributed by atoms with Crippen LogP contribution in [-0.4, -0.2) is 14.2 Å². The van der Waals surface area contributed by atoms with Gasteiger partial charge in [0, 0.05) is 0 Å². The summed E-state index contributed by atoms with van der Waals surface area (Å²) < 4.78 is 21.0. The highest BCUT2D eigenvalue weighted by molar-refractivity contribution is 7.89. The first-order chi connectivity index (χ1) is 4.33. The number of rotatable bonds is 3. The summed E-state index contributed by atoms with van der Waals surface area (Å²) in [5.41, 5.74) is 0. The lowest BCUT2D eigenvalue weighted by Crippen LogP contribution is -2.24. The van der Waals surface area contributed by atoms with Gasteiger partial charge in [0.05, 0.1) is 5.75 Å². The minimum Gasteiger partial charge on any atom is -0.229 e. The van der Waals surface area contributed by atoms with Crippen LogP contribution in [0.5, 0.6) is 0 Å². The van der Waals surface area contributed by atoms with Crippen molar-refractivity contribution in [3.63, 3.8) is 0 Å². The first-order valence-electron chi connectivity index (χ1n) is 3.33. The van der Waals surface area contributed by atoms with E-state index < -0.39 is 10.0 Å². The van der Waals surface area contributed by atoms with E-state index in [1.807, 2.05) is 20.8 Å². The molecule has 0 aliphatic heterocycles. The largest absolute Gasteiger partial charge is 0.229 e. The van der Waals surface area contributed by atoms with Gasteiger partial charge >= 0.3 is 0 Å². The van der Waals surface area contributed by atoms with Gasteiger partial charge in [-0.25, -0.2) is 13.6 Å². The Balaban J connectivity index is 3.93. The average molecular weight is 165 g/mol. The zero-order valence-electron chi connectivity index (χ0n) is 6.66. The fraction of sp³-hybridized carbons (Fsp3) is 1.00. The molecule has 1 atom stereocenters. The molecule has 0 aliphatic carbocycles. The normalized spacial score (nSPS) is 15.7. The Bertz CT molecular complexity index is 184. The Morgan fingerprint density at radius 1 is 1.30 bits per heavy atom. The van der Waals surface area contributed by atoms with Gasteiger partial charge in [-0.05, 0) is 11.8 Å². The third kappa shape index (κ3) is 4.76. The van der Waals surface area contributed by atoms with Crippen LogP contribution < -0.4 is 5.14 Å². The lowest BCUT2D eigenvalue weighted by Gasteiger charge is -2.12. The Morgan fingerprint density at radius 3 is 1.80 bits per heavy atom. The first kappa shape index (κ1) is 9.91. The summed E-state index contributed by atoms with van der Waals surface area (Å²) in [5, 5.41) is 4.85. The average Bonchev–Trinajstić information content (AvgIpc) is 1.60. The summed E-state index contributed by atoms with van der Waals surface area (Å²) in [6.07, 6.45) is 0. The molecule has 0 fully saturated rings. The summed E-state index contributed by atoms with van der Waals surface area (Å²) in [4.78, 5) is 0. The van der Waals surface area contributed by atoms with Gasteiger partial charge in [-0.2, -0.15) is 0 Å². The zero-order valence-corrected chi connectivity index (χ0v) is 7.48. The monoisotopic (exact) mass is 165 g/mol. The van der Waals surface area contributed by atoms with Crippen LogP contribution in [0.1, 0.15) is 20.8 Å². The van der Waals surface area contributed by atoms with E-state index in [4.69, 9.17) is 5.14 Å². The summed E-state index contributed by atoms with van der Waals surface area (Å²) in [6, 6.07) is 0. The van der Waals surface area contributed by atoms with Gasteiger partial charge in [0.1, 0.15) is 0 Å². The van der Waals surface area contributed by atoms with Gasteiger partial charge in [-0.15, -0.1) is 0 Å². The maximum absolute atomic E-state index is 10.5. The van der Waals surface area contributed by atoms with Crippen LogP contribution >= 0.6 is 0 Å². The molecule has 0 saturated heterocycles. The van der Waals surface area contributed by atoms with Crippen LogP contribution in [0.3, 0.4) is 0 Å². The zero-order chi connectivity index (χ0) is 8.36. The molecule has 0 bridgehead atoms. The molecule has 62 valence electrons. The van der Waals surface area contributed by atoms with Crippen LogP contribution in [-0.2, 0) is 10.0 Å². The third-order valence-corrected chi connectivity index (χ3v) is 2.62. The quantitative estimate of drug-likeness (QED) is 0.664. The maximum atomic E-state index is 10.5. The fourth-order valence-electron chi connectivity index (χ4n) is 0.559. The van der Waals surface area contributed by atoms with Crippen molar-refractivity contribution in [2.45, 2.75) is 20.8 Å². The van der Waals surface area contributed by atoms with Crippen LogP contribution in [0.25, 0.3) is 0 Å². The van der Waals surface area contributed by atoms with E-state index >= 15 is 0 Å². The summed E-state index contributed by atoms with van der Waals surface area (Å²) in [6.45, 7) is 5.85. The van der Waals surface area contributed by atoms with Crippen molar-refractivity contribution in [1.29, 1.82) is 0 Å². The molecule has 0 aromatic heterocycles. The van der Waals surface area contributed by atoms with Crippen molar-refractivity contribution >= 4 is 10.0 Å². The van der Waals surface area contributed by atoms with E-state index in [0.29, 0.717) is 5.92 Å². The molecule has 0 aromatic rings. The summed E-state index contributed by atoms with van der Waals surface area (Å²) in [7, 11) is -3.27. The third-order valence-electron chi connectivity index (χ3n) is 1.63. The molecule has 0 radical (unpaired) electrons. The topological polar surface area (TPSA) is 60.2 Å². The molecule has 0 unspecified atom stereocenters. The summed E-state index contributed by atoms with van der Waals surface area (Å²) >= 11 is 0. The summed E-state index contributed by atoms with van der Waals surface area (Å²) in [5.74, 6) is 0.610. The van der Waals surface area contributed by atoms with Crippen LogP contribution in [0.2, 0.25) is 0 Å². The molecule has 0 heterocycles. The molecule has 0 spiro atoms. The van der Waals surface area contributed by atoms with Crippen molar-refractivity contribution in [3.05, 3.63) is 0 Å². The molecule has 0 amide bonds. The number of primary sulfonamides is 1. The smallest absolute Gasteiger partial charge is 0.209 e. The SMILES string of the molecule is CC(C)[C@@H](C)CS(N)(=O)=O. The molecule has 4 heteroatoms. The molecule has 0 saturated carbocycles. The van der Waals surface area contributed by atoms with Crippen molar-refractivity contribution < 1.29 is 8.42 Å². The van der Waals surface area contributed by atoms with Crippen molar-refractivity contribution in [1.82, 2.24) is 0 Å². The van der Waals surface area contributed by atoms with E-state index in [0.717, 1.165) is 0 Å². The van der Waals surface area contributed by atoms with Gasteiger partial charge < -0.3 is 0 Å². The standard InChI is InChI=1S/C6H15NO2S/c1-5(2)6(3)4-10(7,8)9/h5-6H,4H2,1-3H3,(H2,7,8,9)/t6-/m0/s1. The predicted octanol–water partition coefficient (Wildman–Crippen LogP) is 0.567. The Hall–Kier alpha value is -0.0900. The van der Waals surface area contributed by atoms with Gasteiger partial charge in [0.25, 0.3) is 0 Å². The number of hydrogen-bond acceptors (Lipinski definition) is 2. The molecular formula is C6H15NO2S. The maximum Gasteiger partial charge on any atom is 0.209 e. The highest BCUT2D eigenvalue weighted by Crippen LogP contribution is 2.10. The molecule has 10 heavy (non-hydrogen) atoms. The minimum atomic E-state index is -3.27. The van der Waals surface area contributed by atoms with E-state index in [1.54, 1.807) is 0 Å². The van der Waals surface area contributed by atoms with E-state index in [1.165, 1.54) is 0 Å². The Kier molecular flexibility index (Phi) is 3.31. The lowest BCUT2D eigenvalue weighted by molar-refractivity contribution is 0.453. The van der Waals surface area contributed by atoms with Gasteiger partial charge in [0.2, 0.25) is 10.0 Å². The van der Waals surface area contributed by atoms with Crippen molar-refractivity contribution in [2.75, 3.05) is 5.75 Å². The molecule has 2 N–H and O–H groups in total. The molecule has 0 aromatic carbocycles. The second-order valence-corrected chi connectivity index (χ2v) is 4.71. The van der Waals surface area contributed by atoms with Crippen molar-refractivity contribution in [2.24, 2.45) is 17.0 Å². The van der Waals surface area contributed by atoms with Gasteiger partial charge in [-0.3, -0.25) is 0 Å². The van der Waals surface area contributed by atoms with Crippen LogP contribution in [0.15, 0.2) is 0 Å². The highest BCUT2D eigenvalue weighted by atomic mass is 32.2. The van der Waals surface area contributed by atoms with E-state index in [2.05, 4.69) is 0 Å².